The van der Waals surface area contributed by atoms with Crippen molar-refractivity contribution in [2.24, 2.45) is 5.16 Å². The lowest BCUT2D eigenvalue weighted by molar-refractivity contribution is -0.150. The molecule has 10 nitrogen and oxygen atoms in total. The van der Waals surface area contributed by atoms with Crippen LogP contribution >= 0.6 is 23.1 Å². The molecular formula is C19H19N5O5S2. The number of nitrogen functional groups attached to an aromatic ring is 1. The molecule has 1 aromatic heterocycles. The number of β-lactam (4-membered cyclic amide) rings is 1. The SMILES string of the molecule is C=CC1=C(C(=O)O)N2C(=O)C(NC(=O)/C(=N\OC3C=CCC3)c3csc(N)n3)[C@H]2SC1. The van der Waals surface area contributed by atoms with Crippen molar-refractivity contribution in [1.82, 2.24) is 15.2 Å². The van der Waals surface area contributed by atoms with E-state index in [9.17, 15) is 19.5 Å². The van der Waals surface area contributed by atoms with Gasteiger partial charge in [0.25, 0.3) is 11.8 Å². The standard InChI is InChI=1S/C19H19N5O5S2/c1-2-9-7-30-17-13(16(26)24(17)14(9)18(27)28)22-15(25)12(11-8-31-19(20)21-11)23-29-10-5-3-4-6-10/h2-3,5,8,10,13,17H,1,4,6-7H2,(H2,20,21)(H,22,25)(H,27,28)/b23-12-/t10?,13?,17-/m1/s1. The quantitative estimate of drug-likeness (QED) is 0.237. The molecule has 0 spiro atoms. The predicted octanol–water partition coefficient (Wildman–Crippen LogP) is 1.09. The van der Waals surface area contributed by atoms with Gasteiger partial charge in [0.05, 0.1) is 0 Å². The fourth-order valence-electron chi connectivity index (χ4n) is 3.42. The summed E-state index contributed by atoms with van der Waals surface area (Å²) >= 11 is 2.50. The van der Waals surface area contributed by atoms with Crippen LogP contribution in [0.3, 0.4) is 0 Å². The number of carbonyl (C=O) groups is 3. The number of nitrogens with zero attached hydrogens (tertiary/aromatic N) is 3. The van der Waals surface area contributed by atoms with Gasteiger partial charge in [0.1, 0.15) is 28.9 Å². The number of thioether (sulfide) groups is 1. The zero-order valence-electron chi connectivity index (χ0n) is 16.2. The van der Waals surface area contributed by atoms with Gasteiger partial charge in [0.2, 0.25) is 0 Å². The topological polar surface area (TPSA) is 147 Å². The molecule has 3 heterocycles. The number of fused-ring (bicyclic) bond motifs is 1. The van der Waals surface area contributed by atoms with Crippen molar-refractivity contribution < 1.29 is 24.3 Å². The number of allylic oxidation sites excluding steroid dienone is 2. The lowest BCUT2D eigenvalue weighted by atomic mass is 10.0. The molecule has 0 bridgehead atoms. The Bertz CT molecular complexity index is 1050. The Labute approximate surface area is 185 Å². The number of rotatable bonds is 7. The number of oxime groups is 1. The molecule has 4 rings (SSSR count). The Balaban J connectivity index is 1.53. The number of thiazole rings is 1. The van der Waals surface area contributed by atoms with Crippen LogP contribution in [0.4, 0.5) is 5.13 Å². The number of carbonyl (C=O) groups excluding carboxylic acids is 2. The zero-order chi connectivity index (χ0) is 22.1. The first-order valence-corrected chi connectivity index (χ1v) is 11.3. The van der Waals surface area contributed by atoms with Crippen LogP contribution in [0, 0.1) is 0 Å². The van der Waals surface area contributed by atoms with Crippen LogP contribution in [-0.4, -0.2) is 61.8 Å². The lowest BCUT2D eigenvalue weighted by Gasteiger charge is -2.49. The van der Waals surface area contributed by atoms with E-state index in [0.717, 1.165) is 24.2 Å². The van der Waals surface area contributed by atoms with Gasteiger partial charge < -0.3 is 21.0 Å². The smallest absolute Gasteiger partial charge is 0.352 e. The van der Waals surface area contributed by atoms with Crippen LogP contribution in [0.15, 0.2) is 46.6 Å². The van der Waals surface area contributed by atoms with Crippen LogP contribution < -0.4 is 11.1 Å². The third-order valence-corrected chi connectivity index (χ3v) is 6.94. The van der Waals surface area contributed by atoms with E-state index in [4.69, 9.17) is 10.6 Å². The summed E-state index contributed by atoms with van der Waals surface area (Å²) in [5.74, 6) is -2.01. The second kappa shape index (κ2) is 8.55. The van der Waals surface area contributed by atoms with E-state index in [1.54, 1.807) is 5.38 Å². The second-order valence-corrected chi connectivity index (χ2v) is 8.90. The Hall–Kier alpha value is -3.12. The molecule has 2 aliphatic heterocycles. The average molecular weight is 462 g/mol. The summed E-state index contributed by atoms with van der Waals surface area (Å²) in [6.07, 6.45) is 6.63. The summed E-state index contributed by atoms with van der Waals surface area (Å²) in [6, 6.07) is -0.897. The summed E-state index contributed by atoms with van der Waals surface area (Å²) in [5, 5.41) is 17.4. The van der Waals surface area contributed by atoms with Gasteiger partial charge in [-0.2, -0.15) is 0 Å². The van der Waals surface area contributed by atoms with Crippen LogP contribution in [0.1, 0.15) is 18.5 Å². The van der Waals surface area contributed by atoms with Gasteiger partial charge in [-0.15, -0.1) is 23.1 Å². The first-order valence-electron chi connectivity index (χ1n) is 9.37. The molecule has 1 fully saturated rings. The minimum Gasteiger partial charge on any atom is -0.477 e. The van der Waals surface area contributed by atoms with Gasteiger partial charge in [-0.1, -0.05) is 23.9 Å². The molecule has 1 aliphatic carbocycles. The van der Waals surface area contributed by atoms with E-state index < -0.39 is 29.2 Å². The summed E-state index contributed by atoms with van der Waals surface area (Å²) in [6.45, 7) is 3.61. The molecule has 4 N–H and O–H groups in total. The fourth-order valence-corrected chi connectivity index (χ4v) is 5.31. The molecule has 31 heavy (non-hydrogen) atoms. The lowest BCUT2D eigenvalue weighted by Crippen LogP contribution is -2.71. The minimum absolute atomic E-state index is 0.0962. The van der Waals surface area contributed by atoms with E-state index in [0.29, 0.717) is 11.3 Å². The van der Waals surface area contributed by atoms with Crippen LogP contribution in [0.25, 0.3) is 0 Å². The molecular weight excluding hydrogens is 442 g/mol. The number of anilines is 1. The number of carboxylic acids is 1. The minimum atomic E-state index is -1.21. The maximum Gasteiger partial charge on any atom is 0.352 e. The first kappa shape index (κ1) is 21.1. The Morgan fingerprint density at radius 2 is 2.29 bits per heavy atom. The highest BCUT2D eigenvalue weighted by Crippen LogP contribution is 2.40. The number of nitrogens with one attached hydrogen (secondary N) is 1. The fraction of sp³-hybridized carbons (Fsp3) is 0.316. The largest absolute Gasteiger partial charge is 0.477 e. The Morgan fingerprint density at radius 1 is 1.48 bits per heavy atom. The number of aromatic nitrogens is 1. The third kappa shape index (κ3) is 3.95. The molecule has 3 aliphatic rings. The molecule has 2 unspecified atom stereocenters. The molecule has 1 aromatic rings. The van der Waals surface area contributed by atoms with Crippen molar-refractivity contribution in [2.45, 2.75) is 30.4 Å². The predicted molar refractivity (Wildman–Crippen MR) is 116 cm³/mol. The van der Waals surface area contributed by atoms with Crippen molar-refractivity contribution in [3.8, 4) is 0 Å². The summed E-state index contributed by atoms with van der Waals surface area (Å²) in [4.78, 5) is 48.0. The summed E-state index contributed by atoms with van der Waals surface area (Å²) < 4.78 is 0. The number of nitrogens with two attached hydrogens (primary N) is 1. The normalized spacial score (nSPS) is 25.2. The molecule has 3 atom stereocenters. The third-order valence-electron chi connectivity index (χ3n) is 4.96. The highest BCUT2D eigenvalue weighted by atomic mass is 32.2. The first-order chi connectivity index (χ1) is 14.9. The Morgan fingerprint density at radius 3 is 2.90 bits per heavy atom. The molecule has 0 aromatic carbocycles. The Kier molecular flexibility index (Phi) is 5.83. The van der Waals surface area contributed by atoms with Gasteiger partial charge in [0, 0.05) is 11.1 Å². The van der Waals surface area contributed by atoms with Crippen LogP contribution in [-0.2, 0) is 19.2 Å². The van der Waals surface area contributed by atoms with Crippen molar-refractivity contribution in [3.63, 3.8) is 0 Å². The van der Waals surface area contributed by atoms with Crippen molar-refractivity contribution in [2.75, 3.05) is 11.5 Å². The second-order valence-electron chi connectivity index (χ2n) is 6.90. The highest BCUT2D eigenvalue weighted by Gasteiger charge is 2.54. The van der Waals surface area contributed by atoms with Crippen LogP contribution in [0.5, 0.6) is 0 Å². The average Bonchev–Trinajstić information content (AvgIpc) is 3.42. The van der Waals surface area contributed by atoms with E-state index >= 15 is 0 Å². The number of hydrogen-bond acceptors (Lipinski definition) is 9. The van der Waals surface area contributed by atoms with E-state index in [2.05, 4.69) is 22.0 Å². The highest BCUT2D eigenvalue weighted by molar-refractivity contribution is 8.00. The number of carboxylic acid groups (broad SMARTS) is 1. The van der Waals surface area contributed by atoms with E-state index in [1.165, 1.54) is 22.7 Å². The maximum absolute atomic E-state index is 13.0. The molecule has 1 saturated heterocycles. The van der Waals surface area contributed by atoms with Crippen molar-refractivity contribution >= 4 is 51.7 Å². The molecule has 0 radical (unpaired) electrons. The van der Waals surface area contributed by atoms with Gasteiger partial charge >= 0.3 is 5.97 Å². The summed E-state index contributed by atoms with van der Waals surface area (Å²) in [7, 11) is 0. The monoisotopic (exact) mass is 461 g/mol. The van der Waals surface area contributed by atoms with Gasteiger partial charge in [-0.25, -0.2) is 9.78 Å². The zero-order valence-corrected chi connectivity index (χ0v) is 17.8. The molecule has 162 valence electrons. The number of hydrogen-bond donors (Lipinski definition) is 3. The molecule has 12 heteroatoms. The van der Waals surface area contributed by atoms with Crippen molar-refractivity contribution in [3.05, 3.63) is 47.2 Å². The number of amides is 2. The number of aliphatic carboxylic acids is 1. The van der Waals surface area contributed by atoms with Gasteiger partial charge in [-0.3, -0.25) is 14.5 Å². The molecule has 2 amide bonds. The van der Waals surface area contributed by atoms with Crippen LogP contribution in [0.2, 0.25) is 0 Å². The van der Waals surface area contributed by atoms with Crippen molar-refractivity contribution in [1.29, 1.82) is 0 Å². The maximum atomic E-state index is 13.0. The van der Waals surface area contributed by atoms with Gasteiger partial charge in [0.15, 0.2) is 10.8 Å². The van der Waals surface area contributed by atoms with E-state index in [1.807, 2.05) is 12.2 Å². The van der Waals surface area contributed by atoms with Gasteiger partial charge in [-0.05, 0) is 24.5 Å². The molecule has 0 saturated carbocycles. The summed E-state index contributed by atoms with van der Waals surface area (Å²) in [5.41, 5.74) is 6.19. The van der Waals surface area contributed by atoms with E-state index in [-0.39, 0.29) is 28.3 Å².